The van der Waals surface area contributed by atoms with E-state index in [1.54, 1.807) is 0 Å². The molecule has 1 saturated heterocycles. The summed E-state index contributed by atoms with van der Waals surface area (Å²) >= 11 is 3.38. The summed E-state index contributed by atoms with van der Waals surface area (Å²) in [4.78, 5) is 14.3. The summed E-state index contributed by atoms with van der Waals surface area (Å²) in [7, 11) is 1.94. The molecule has 2 unspecified atom stereocenters. The number of hydrogen-bond donors (Lipinski definition) is 1. The quantitative estimate of drug-likeness (QED) is 0.877. The largest absolute Gasteiger partial charge is 0.481 e. The number of likely N-dealkylation sites (tertiary alicyclic amines) is 1. The first-order chi connectivity index (χ1) is 9.60. The second-order valence-corrected chi connectivity index (χ2v) is 6.04. The maximum absolute atomic E-state index is 12.4. The molecule has 0 spiro atoms. The molecular formula is C15H22BrClN2O2. The number of carbonyl (C=O) groups excluding carboxylic acids is 1. The molecule has 1 heterocycles. The van der Waals surface area contributed by atoms with Crippen LogP contribution in [0.2, 0.25) is 0 Å². The Balaban J connectivity index is 0.00000220. The van der Waals surface area contributed by atoms with Crippen molar-refractivity contribution >= 4 is 34.2 Å². The van der Waals surface area contributed by atoms with E-state index in [0.29, 0.717) is 6.04 Å². The second-order valence-electron chi connectivity index (χ2n) is 5.13. The van der Waals surface area contributed by atoms with Crippen LogP contribution in [-0.4, -0.2) is 43.1 Å². The zero-order valence-electron chi connectivity index (χ0n) is 12.3. The van der Waals surface area contributed by atoms with Gasteiger partial charge in [0, 0.05) is 23.6 Å². The van der Waals surface area contributed by atoms with Gasteiger partial charge in [0.25, 0.3) is 5.91 Å². The van der Waals surface area contributed by atoms with Gasteiger partial charge in [0.1, 0.15) is 5.75 Å². The first kappa shape index (κ1) is 18.3. The third-order valence-electron chi connectivity index (χ3n) is 3.62. The summed E-state index contributed by atoms with van der Waals surface area (Å²) < 4.78 is 6.72. The first-order valence-corrected chi connectivity index (χ1v) is 7.77. The number of rotatable bonds is 4. The van der Waals surface area contributed by atoms with Gasteiger partial charge in [-0.05, 0) is 51.1 Å². The Kier molecular flexibility index (Phi) is 7.49. The van der Waals surface area contributed by atoms with Gasteiger partial charge < -0.3 is 15.0 Å². The van der Waals surface area contributed by atoms with Crippen LogP contribution in [0.25, 0.3) is 0 Å². The fourth-order valence-electron chi connectivity index (χ4n) is 2.44. The molecule has 1 fully saturated rings. The molecule has 0 bridgehead atoms. The molecule has 2 rings (SSSR count). The minimum absolute atomic E-state index is 0. The lowest BCUT2D eigenvalue weighted by molar-refractivity contribution is -0.139. The number of ether oxygens (including phenoxy) is 1. The Morgan fingerprint density at radius 3 is 2.71 bits per heavy atom. The number of hydrogen-bond acceptors (Lipinski definition) is 3. The van der Waals surface area contributed by atoms with E-state index in [-0.39, 0.29) is 18.3 Å². The Labute approximate surface area is 140 Å². The topological polar surface area (TPSA) is 41.6 Å². The molecule has 6 heteroatoms. The minimum atomic E-state index is -0.452. The highest BCUT2D eigenvalue weighted by molar-refractivity contribution is 9.10. The maximum atomic E-state index is 12.4. The third kappa shape index (κ3) is 5.16. The SMILES string of the molecule is CNC1CCCN(C(=O)C(C)Oc2ccc(Br)cc2)C1.Cl. The molecule has 0 aliphatic carbocycles. The van der Waals surface area contributed by atoms with Gasteiger partial charge in [-0.3, -0.25) is 4.79 Å². The van der Waals surface area contributed by atoms with Gasteiger partial charge in [0.15, 0.2) is 6.10 Å². The summed E-state index contributed by atoms with van der Waals surface area (Å²) in [5.41, 5.74) is 0. The van der Waals surface area contributed by atoms with E-state index < -0.39 is 6.10 Å². The summed E-state index contributed by atoms with van der Waals surface area (Å²) in [5, 5.41) is 3.24. The predicted molar refractivity (Wildman–Crippen MR) is 90.1 cm³/mol. The lowest BCUT2D eigenvalue weighted by Crippen LogP contribution is -2.50. The van der Waals surface area contributed by atoms with Crippen molar-refractivity contribution in [1.82, 2.24) is 10.2 Å². The van der Waals surface area contributed by atoms with Gasteiger partial charge in [-0.2, -0.15) is 0 Å². The highest BCUT2D eigenvalue weighted by Gasteiger charge is 2.27. The highest BCUT2D eigenvalue weighted by atomic mass is 79.9. The lowest BCUT2D eigenvalue weighted by Gasteiger charge is -2.34. The van der Waals surface area contributed by atoms with E-state index in [4.69, 9.17) is 4.74 Å². The molecule has 2 atom stereocenters. The second kappa shape index (κ2) is 8.61. The van der Waals surface area contributed by atoms with Crippen molar-refractivity contribution in [1.29, 1.82) is 0 Å². The van der Waals surface area contributed by atoms with E-state index in [1.807, 2.05) is 43.1 Å². The molecule has 21 heavy (non-hydrogen) atoms. The van der Waals surface area contributed by atoms with Crippen LogP contribution in [0.1, 0.15) is 19.8 Å². The number of nitrogens with one attached hydrogen (secondary N) is 1. The molecule has 1 N–H and O–H groups in total. The van der Waals surface area contributed by atoms with Crippen LogP contribution in [-0.2, 0) is 4.79 Å². The number of benzene rings is 1. The Morgan fingerprint density at radius 2 is 2.10 bits per heavy atom. The van der Waals surface area contributed by atoms with Crippen LogP contribution in [0.15, 0.2) is 28.7 Å². The average Bonchev–Trinajstić information content (AvgIpc) is 2.48. The number of likely N-dealkylation sites (N-methyl/N-ethyl adjacent to an activating group) is 1. The molecule has 118 valence electrons. The molecular weight excluding hydrogens is 356 g/mol. The van der Waals surface area contributed by atoms with Crippen LogP contribution in [0, 0.1) is 0 Å². The first-order valence-electron chi connectivity index (χ1n) is 6.98. The molecule has 1 aromatic rings. The Morgan fingerprint density at radius 1 is 1.43 bits per heavy atom. The molecule has 4 nitrogen and oxygen atoms in total. The molecule has 0 aromatic heterocycles. The zero-order valence-corrected chi connectivity index (χ0v) is 14.7. The molecule has 1 amide bonds. The van der Waals surface area contributed by atoms with Crippen LogP contribution in [0.3, 0.4) is 0 Å². The van der Waals surface area contributed by atoms with Gasteiger partial charge in [0.2, 0.25) is 0 Å². The molecule has 1 aliphatic rings. The Bertz CT molecular complexity index is 455. The van der Waals surface area contributed by atoms with Crippen molar-refractivity contribution in [2.75, 3.05) is 20.1 Å². The van der Waals surface area contributed by atoms with Gasteiger partial charge in [-0.1, -0.05) is 15.9 Å². The Hall–Kier alpha value is -0.780. The summed E-state index contributed by atoms with van der Waals surface area (Å²) in [6, 6.07) is 7.93. The van der Waals surface area contributed by atoms with Crippen LogP contribution < -0.4 is 10.1 Å². The summed E-state index contributed by atoms with van der Waals surface area (Å²) in [6.45, 7) is 3.40. The number of halogens is 2. The highest BCUT2D eigenvalue weighted by Crippen LogP contribution is 2.18. The van der Waals surface area contributed by atoms with E-state index in [1.165, 1.54) is 0 Å². The van der Waals surface area contributed by atoms with Crippen molar-refractivity contribution in [2.45, 2.75) is 31.9 Å². The van der Waals surface area contributed by atoms with Crippen LogP contribution in [0.4, 0.5) is 0 Å². The molecule has 1 aliphatic heterocycles. The van der Waals surface area contributed by atoms with Gasteiger partial charge in [-0.15, -0.1) is 12.4 Å². The van der Waals surface area contributed by atoms with Crippen molar-refractivity contribution in [3.8, 4) is 5.75 Å². The number of amides is 1. The smallest absolute Gasteiger partial charge is 0.263 e. The predicted octanol–water partition coefficient (Wildman–Crippen LogP) is 2.85. The standard InChI is InChI=1S/C15H21BrN2O2.ClH/c1-11(20-14-7-5-12(16)6-8-14)15(19)18-9-3-4-13(10-18)17-2;/h5-8,11,13,17H,3-4,9-10H2,1-2H3;1H. The van der Waals surface area contributed by atoms with Crippen LogP contribution in [0.5, 0.6) is 5.75 Å². The van der Waals surface area contributed by atoms with Crippen molar-refractivity contribution in [2.24, 2.45) is 0 Å². The van der Waals surface area contributed by atoms with Gasteiger partial charge in [-0.25, -0.2) is 0 Å². The molecule has 0 saturated carbocycles. The van der Waals surface area contributed by atoms with E-state index in [9.17, 15) is 4.79 Å². The summed E-state index contributed by atoms with van der Waals surface area (Å²) in [5.74, 6) is 0.782. The monoisotopic (exact) mass is 376 g/mol. The lowest BCUT2D eigenvalue weighted by atomic mass is 10.1. The van der Waals surface area contributed by atoms with E-state index in [0.717, 1.165) is 36.2 Å². The number of piperidine rings is 1. The van der Waals surface area contributed by atoms with Gasteiger partial charge in [0.05, 0.1) is 0 Å². The van der Waals surface area contributed by atoms with Crippen molar-refractivity contribution < 1.29 is 9.53 Å². The third-order valence-corrected chi connectivity index (χ3v) is 4.14. The zero-order chi connectivity index (χ0) is 14.5. The van der Waals surface area contributed by atoms with E-state index in [2.05, 4.69) is 21.2 Å². The number of carbonyl (C=O) groups is 1. The average molecular weight is 378 g/mol. The van der Waals surface area contributed by atoms with E-state index >= 15 is 0 Å². The molecule has 1 aromatic carbocycles. The molecule has 0 radical (unpaired) electrons. The number of nitrogens with zero attached hydrogens (tertiary/aromatic N) is 1. The van der Waals surface area contributed by atoms with Crippen molar-refractivity contribution in [3.05, 3.63) is 28.7 Å². The summed E-state index contributed by atoms with van der Waals surface area (Å²) in [6.07, 6.45) is 1.72. The fraction of sp³-hybridized carbons (Fsp3) is 0.533. The normalized spacial score (nSPS) is 19.6. The van der Waals surface area contributed by atoms with Crippen LogP contribution >= 0.6 is 28.3 Å². The fourth-order valence-corrected chi connectivity index (χ4v) is 2.70. The van der Waals surface area contributed by atoms with Gasteiger partial charge >= 0.3 is 0 Å². The minimum Gasteiger partial charge on any atom is -0.481 e. The maximum Gasteiger partial charge on any atom is 0.263 e. The van der Waals surface area contributed by atoms with Crippen molar-refractivity contribution in [3.63, 3.8) is 0 Å².